The maximum Gasteiger partial charge on any atom is 0.417 e. The SMILES string of the molecule is CN(C)C(=O)c1cccc(Oc2ccc(NC(=O)Nc3ccc(Cl)c(C(F)(F)F)c3)cc2)c1. The molecule has 0 fully saturated rings. The van der Waals surface area contributed by atoms with Crippen molar-refractivity contribution in [2.24, 2.45) is 0 Å². The van der Waals surface area contributed by atoms with Crippen LogP contribution < -0.4 is 15.4 Å². The molecule has 0 spiro atoms. The van der Waals surface area contributed by atoms with Crippen LogP contribution in [-0.2, 0) is 6.18 Å². The van der Waals surface area contributed by atoms with Crippen molar-refractivity contribution in [1.29, 1.82) is 0 Å². The van der Waals surface area contributed by atoms with Crippen LogP contribution in [-0.4, -0.2) is 30.9 Å². The first-order valence-electron chi connectivity index (χ1n) is 9.57. The maximum absolute atomic E-state index is 13.0. The number of nitrogens with one attached hydrogen (secondary N) is 2. The predicted molar refractivity (Wildman–Crippen MR) is 120 cm³/mol. The first kappa shape index (κ1) is 23.9. The van der Waals surface area contributed by atoms with Crippen LogP contribution in [0, 0.1) is 0 Å². The van der Waals surface area contributed by atoms with Crippen molar-refractivity contribution in [3.63, 3.8) is 0 Å². The second kappa shape index (κ2) is 9.83. The first-order valence-corrected chi connectivity index (χ1v) is 9.95. The predicted octanol–water partition coefficient (Wildman–Crippen LogP) is 6.50. The van der Waals surface area contributed by atoms with Gasteiger partial charge in [0.05, 0.1) is 10.6 Å². The largest absolute Gasteiger partial charge is 0.457 e. The van der Waals surface area contributed by atoms with Gasteiger partial charge in [-0.15, -0.1) is 0 Å². The number of halogens is 4. The molecule has 10 heteroatoms. The highest BCUT2D eigenvalue weighted by atomic mass is 35.5. The molecule has 2 N–H and O–H groups in total. The van der Waals surface area contributed by atoms with Crippen molar-refractivity contribution in [3.8, 4) is 11.5 Å². The lowest BCUT2D eigenvalue weighted by molar-refractivity contribution is -0.137. The summed E-state index contributed by atoms with van der Waals surface area (Å²) in [6.07, 6.45) is -4.64. The van der Waals surface area contributed by atoms with Gasteiger partial charge >= 0.3 is 12.2 Å². The molecule has 0 saturated heterocycles. The minimum Gasteiger partial charge on any atom is -0.457 e. The summed E-state index contributed by atoms with van der Waals surface area (Å²) in [6, 6.07) is 15.4. The fraction of sp³-hybridized carbons (Fsp3) is 0.130. The Morgan fingerprint density at radius 2 is 1.52 bits per heavy atom. The molecule has 0 unspecified atom stereocenters. The minimum atomic E-state index is -4.64. The summed E-state index contributed by atoms with van der Waals surface area (Å²) in [4.78, 5) is 25.7. The van der Waals surface area contributed by atoms with Crippen LogP contribution in [0.5, 0.6) is 11.5 Å². The van der Waals surface area contributed by atoms with Crippen LogP contribution in [0.15, 0.2) is 66.7 Å². The average Bonchev–Trinajstić information content (AvgIpc) is 2.75. The van der Waals surface area contributed by atoms with Gasteiger partial charge in [0.25, 0.3) is 5.91 Å². The van der Waals surface area contributed by atoms with Gasteiger partial charge in [-0.3, -0.25) is 4.79 Å². The van der Waals surface area contributed by atoms with Gasteiger partial charge in [0.2, 0.25) is 0 Å². The summed E-state index contributed by atoms with van der Waals surface area (Å²) >= 11 is 5.58. The van der Waals surface area contributed by atoms with E-state index in [2.05, 4.69) is 10.6 Å². The van der Waals surface area contributed by atoms with Crippen LogP contribution in [0.25, 0.3) is 0 Å². The van der Waals surface area contributed by atoms with Gasteiger partial charge in [0.15, 0.2) is 0 Å². The summed E-state index contributed by atoms with van der Waals surface area (Å²) in [5, 5.41) is 4.40. The Morgan fingerprint density at radius 3 is 2.15 bits per heavy atom. The number of nitrogens with zero attached hydrogens (tertiary/aromatic N) is 1. The van der Waals surface area contributed by atoms with Crippen LogP contribution in [0.2, 0.25) is 5.02 Å². The van der Waals surface area contributed by atoms with Crippen molar-refractivity contribution in [3.05, 3.63) is 82.9 Å². The number of hydrogen-bond acceptors (Lipinski definition) is 3. The number of benzene rings is 3. The first-order chi connectivity index (χ1) is 15.5. The zero-order valence-electron chi connectivity index (χ0n) is 17.5. The molecule has 0 aromatic heterocycles. The Balaban J connectivity index is 1.63. The van der Waals surface area contributed by atoms with Gasteiger partial charge in [-0.2, -0.15) is 13.2 Å². The molecule has 33 heavy (non-hydrogen) atoms. The second-order valence-corrected chi connectivity index (χ2v) is 7.53. The molecule has 3 aromatic carbocycles. The average molecular weight is 478 g/mol. The van der Waals surface area contributed by atoms with Crippen molar-refractivity contribution in [2.45, 2.75) is 6.18 Å². The lowest BCUT2D eigenvalue weighted by Gasteiger charge is -2.13. The van der Waals surface area contributed by atoms with Crippen molar-refractivity contribution in [2.75, 3.05) is 24.7 Å². The lowest BCUT2D eigenvalue weighted by Crippen LogP contribution is -2.21. The monoisotopic (exact) mass is 477 g/mol. The summed E-state index contributed by atoms with van der Waals surface area (Å²) in [6.45, 7) is 0. The zero-order valence-corrected chi connectivity index (χ0v) is 18.3. The third-order valence-electron chi connectivity index (χ3n) is 4.36. The molecule has 0 bridgehead atoms. The molecular formula is C23H19ClF3N3O3. The maximum atomic E-state index is 13.0. The molecule has 0 atom stereocenters. The quantitative estimate of drug-likeness (QED) is 0.441. The number of hydrogen-bond donors (Lipinski definition) is 2. The Morgan fingerprint density at radius 1 is 0.879 bits per heavy atom. The molecule has 0 saturated carbocycles. The third kappa shape index (κ3) is 6.39. The van der Waals surface area contributed by atoms with Crippen molar-refractivity contribution >= 4 is 34.9 Å². The Bertz CT molecular complexity index is 1170. The highest BCUT2D eigenvalue weighted by Gasteiger charge is 2.33. The Labute approximate surface area is 192 Å². The summed E-state index contributed by atoms with van der Waals surface area (Å²) in [5.41, 5.74) is -0.235. The van der Waals surface area contributed by atoms with Gasteiger partial charge in [0, 0.05) is 31.0 Å². The molecule has 0 heterocycles. The van der Waals surface area contributed by atoms with Crippen LogP contribution >= 0.6 is 11.6 Å². The summed E-state index contributed by atoms with van der Waals surface area (Å²) in [5.74, 6) is 0.765. The molecule has 172 valence electrons. The number of anilines is 2. The summed E-state index contributed by atoms with van der Waals surface area (Å²) < 4.78 is 44.6. The molecule has 3 rings (SSSR count). The van der Waals surface area contributed by atoms with E-state index in [9.17, 15) is 22.8 Å². The van der Waals surface area contributed by atoms with Crippen LogP contribution in [0.1, 0.15) is 15.9 Å². The standard InChI is InChI=1S/C23H19ClF3N3O3/c1-30(2)21(31)14-4-3-5-18(12-14)33-17-9-6-15(7-10-17)28-22(32)29-16-8-11-20(24)19(13-16)23(25,26)27/h3-13H,1-2H3,(H2,28,29,32). The number of rotatable bonds is 5. The second-order valence-electron chi connectivity index (χ2n) is 7.13. The molecule has 3 amide bonds. The van der Waals surface area contributed by atoms with Gasteiger partial charge in [-0.1, -0.05) is 17.7 Å². The number of alkyl halides is 3. The molecule has 0 radical (unpaired) electrons. The molecule has 0 aliphatic heterocycles. The topological polar surface area (TPSA) is 70.7 Å². The van der Waals surface area contributed by atoms with Gasteiger partial charge in [-0.25, -0.2) is 4.79 Å². The highest BCUT2D eigenvalue weighted by molar-refractivity contribution is 6.31. The van der Waals surface area contributed by atoms with E-state index in [4.69, 9.17) is 16.3 Å². The van der Waals surface area contributed by atoms with Gasteiger partial charge < -0.3 is 20.3 Å². The van der Waals surface area contributed by atoms with E-state index in [0.29, 0.717) is 22.7 Å². The van der Waals surface area contributed by atoms with E-state index in [1.807, 2.05) is 0 Å². The minimum absolute atomic E-state index is 0.0590. The van der Waals surface area contributed by atoms with Crippen LogP contribution in [0.3, 0.4) is 0 Å². The molecular weight excluding hydrogens is 459 g/mol. The zero-order chi connectivity index (χ0) is 24.2. The number of carbonyl (C=O) groups is 2. The van der Waals surface area contributed by atoms with E-state index in [1.165, 1.54) is 11.0 Å². The smallest absolute Gasteiger partial charge is 0.417 e. The number of amides is 3. The Hall–Kier alpha value is -3.72. The lowest BCUT2D eigenvalue weighted by atomic mass is 10.2. The highest BCUT2D eigenvalue weighted by Crippen LogP contribution is 2.36. The summed E-state index contributed by atoms with van der Waals surface area (Å²) in [7, 11) is 3.31. The third-order valence-corrected chi connectivity index (χ3v) is 4.69. The van der Waals surface area contributed by atoms with Crippen LogP contribution in [0.4, 0.5) is 29.3 Å². The van der Waals surface area contributed by atoms with E-state index in [-0.39, 0.29) is 11.6 Å². The number of urea groups is 1. The fourth-order valence-corrected chi connectivity index (χ4v) is 3.03. The molecule has 3 aromatic rings. The van der Waals surface area contributed by atoms with E-state index in [0.717, 1.165) is 12.1 Å². The van der Waals surface area contributed by atoms with Crippen molar-refractivity contribution in [1.82, 2.24) is 4.90 Å². The van der Waals surface area contributed by atoms with E-state index in [1.54, 1.807) is 62.6 Å². The van der Waals surface area contributed by atoms with Gasteiger partial charge in [-0.05, 0) is 60.7 Å². The normalized spacial score (nSPS) is 11.0. The van der Waals surface area contributed by atoms with E-state index >= 15 is 0 Å². The molecule has 6 nitrogen and oxygen atoms in total. The Kier molecular flexibility index (Phi) is 7.13. The van der Waals surface area contributed by atoms with E-state index < -0.39 is 22.8 Å². The number of ether oxygens (including phenoxy) is 1. The molecule has 0 aliphatic rings. The number of carbonyl (C=O) groups excluding carboxylic acids is 2. The fourth-order valence-electron chi connectivity index (χ4n) is 2.81. The van der Waals surface area contributed by atoms with Crippen molar-refractivity contribution < 1.29 is 27.5 Å². The van der Waals surface area contributed by atoms with Gasteiger partial charge in [0.1, 0.15) is 11.5 Å². The molecule has 0 aliphatic carbocycles.